The molecule has 0 saturated carbocycles. The van der Waals surface area contributed by atoms with Crippen LogP contribution in [-0.2, 0) is 29.2 Å². The van der Waals surface area contributed by atoms with Crippen molar-refractivity contribution in [2.75, 3.05) is 0 Å². The highest BCUT2D eigenvalue weighted by Crippen LogP contribution is 2.87. The predicted molar refractivity (Wildman–Crippen MR) is 117 cm³/mol. The van der Waals surface area contributed by atoms with Gasteiger partial charge >= 0.3 is 11.9 Å². The summed E-state index contributed by atoms with van der Waals surface area (Å²) >= 11 is 0. The Bertz CT molecular complexity index is 1280. The SMILES string of the molecule is O=C1OC(=O)C2=C1C1(c3ccccc3)C=CC2(c2ccccc2)P1(=O)c1ccccc1. The maximum Gasteiger partial charge on any atom is 0.344 e. The number of carbonyl (C=O) groups is 2. The summed E-state index contributed by atoms with van der Waals surface area (Å²) in [5.74, 6) is -1.41. The van der Waals surface area contributed by atoms with Gasteiger partial charge < -0.3 is 9.30 Å². The molecule has 2 unspecified atom stereocenters. The van der Waals surface area contributed by atoms with Crippen LogP contribution in [0.2, 0.25) is 0 Å². The lowest BCUT2D eigenvalue weighted by atomic mass is 9.77. The molecule has 0 saturated heterocycles. The second-order valence-corrected chi connectivity index (χ2v) is 11.1. The summed E-state index contributed by atoms with van der Waals surface area (Å²) < 4.78 is 20.7. The van der Waals surface area contributed by atoms with E-state index >= 15 is 4.57 Å². The Morgan fingerprint density at radius 3 is 1.39 bits per heavy atom. The molecule has 0 spiro atoms. The molecular formula is C26H17O4P. The lowest BCUT2D eigenvalue weighted by Crippen LogP contribution is -2.34. The van der Waals surface area contributed by atoms with Crippen molar-refractivity contribution >= 4 is 24.4 Å². The van der Waals surface area contributed by atoms with Crippen molar-refractivity contribution in [3.63, 3.8) is 0 Å². The fourth-order valence-electron chi connectivity index (χ4n) is 5.57. The monoisotopic (exact) mass is 424 g/mol. The lowest BCUT2D eigenvalue weighted by molar-refractivity contribution is -0.151. The zero-order valence-corrected chi connectivity index (χ0v) is 17.3. The van der Waals surface area contributed by atoms with E-state index in [0.717, 1.165) is 0 Å². The van der Waals surface area contributed by atoms with Crippen molar-refractivity contribution in [3.8, 4) is 0 Å². The molecule has 5 heteroatoms. The smallest absolute Gasteiger partial charge is 0.344 e. The van der Waals surface area contributed by atoms with Crippen molar-refractivity contribution < 1.29 is 18.9 Å². The third-order valence-corrected chi connectivity index (χ3v) is 11.0. The Morgan fingerprint density at radius 1 is 0.581 bits per heavy atom. The summed E-state index contributed by atoms with van der Waals surface area (Å²) in [6, 6.07) is 27.9. The van der Waals surface area contributed by atoms with E-state index in [1.165, 1.54) is 0 Å². The van der Waals surface area contributed by atoms with E-state index in [4.69, 9.17) is 4.74 Å². The molecule has 3 aromatic rings. The molecule has 3 heterocycles. The summed E-state index contributed by atoms with van der Waals surface area (Å²) in [4.78, 5) is 26.1. The van der Waals surface area contributed by atoms with Gasteiger partial charge in [-0.25, -0.2) is 9.59 Å². The molecule has 3 aromatic carbocycles. The first-order chi connectivity index (χ1) is 15.1. The van der Waals surface area contributed by atoms with Crippen molar-refractivity contribution in [2.45, 2.75) is 10.3 Å². The molecule has 4 nitrogen and oxygen atoms in total. The molecule has 0 amide bonds. The van der Waals surface area contributed by atoms with Crippen LogP contribution < -0.4 is 5.30 Å². The number of esters is 2. The molecule has 150 valence electrons. The fraction of sp³-hybridized carbons (Fsp3) is 0.0769. The molecule has 0 fully saturated rings. The van der Waals surface area contributed by atoms with Gasteiger partial charge in [-0.2, -0.15) is 0 Å². The average Bonchev–Trinajstić information content (AvgIpc) is 3.36. The number of carbonyl (C=O) groups excluding carboxylic acids is 2. The summed E-state index contributed by atoms with van der Waals surface area (Å²) in [6.45, 7) is 0. The van der Waals surface area contributed by atoms with Gasteiger partial charge in [0.2, 0.25) is 0 Å². The van der Waals surface area contributed by atoms with Gasteiger partial charge in [-0.05, 0) is 11.1 Å². The van der Waals surface area contributed by atoms with E-state index in [-0.39, 0.29) is 11.1 Å². The van der Waals surface area contributed by atoms with Gasteiger partial charge in [-0.1, -0.05) is 103 Å². The van der Waals surface area contributed by atoms with Crippen molar-refractivity contribution in [3.05, 3.63) is 125 Å². The van der Waals surface area contributed by atoms with Crippen LogP contribution in [0.15, 0.2) is 114 Å². The molecule has 0 radical (unpaired) electrons. The van der Waals surface area contributed by atoms with Gasteiger partial charge in [0, 0.05) is 5.30 Å². The molecule has 0 aliphatic carbocycles. The van der Waals surface area contributed by atoms with Crippen LogP contribution in [0.3, 0.4) is 0 Å². The quantitative estimate of drug-likeness (QED) is 0.270. The summed E-state index contributed by atoms with van der Waals surface area (Å²) in [5.41, 5.74) is 1.85. The Kier molecular flexibility index (Phi) is 3.56. The molecule has 3 aliphatic heterocycles. The maximum atomic E-state index is 15.6. The number of allylic oxidation sites excluding steroid dienone is 2. The summed E-state index contributed by atoms with van der Waals surface area (Å²) in [7, 11) is -3.56. The van der Waals surface area contributed by atoms with Crippen LogP contribution in [0, 0.1) is 0 Å². The molecule has 0 aromatic heterocycles. The van der Waals surface area contributed by atoms with Crippen LogP contribution in [0.1, 0.15) is 11.1 Å². The Hall–Kier alpha value is -3.49. The third-order valence-electron chi connectivity index (χ3n) is 6.71. The van der Waals surface area contributed by atoms with Gasteiger partial charge in [-0.3, -0.25) is 0 Å². The largest absolute Gasteiger partial charge is 0.386 e. The second-order valence-electron chi connectivity index (χ2n) is 7.97. The van der Waals surface area contributed by atoms with Gasteiger partial charge in [0.05, 0.1) is 11.1 Å². The van der Waals surface area contributed by atoms with Crippen LogP contribution in [0.4, 0.5) is 0 Å². The van der Waals surface area contributed by atoms with Gasteiger partial charge in [0.15, 0.2) is 7.14 Å². The fourth-order valence-corrected chi connectivity index (χ4v) is 10.2. The van der Waals surface area contributed by atoms with E-state index in [1.807, 2.05) is 103 Å². The Balaban J connectivity index is 1.82. The molecular weight excluding hydrogens is 407 g/mol. The molecule has 2 atom stereocenters. The van der Waals surface area contributed by atoms with E-state index in [2.05, 4.69) is 0 Å². The highest BCUT2D eigenvalue weighted by atomic mass is 31.2. The number of cyclic esters (lactones) is 2. The van der Waals surface area contributed by atoms with Gasteiger partial charge in [-0.15, -0.1) is 0 Å². The molecule has 31 heavy (non-hydrogen) atoms. The second kappa shape index (κ2) is 6.03. The minimum Gasteiger partial charge on any atom is -0.386 e. The summed E-state index contributed by atoms with van der Waals surface area (Å²) in [5, 5.41) is -1.89. The molecule has 3 aliphatic rings. The maximum absolute atomic E-state index is 15.6. The average molecular weight is 424 g/mol. The van der Waals surface area contributed by atoms with Crippen molar-refractivity contribution in [2.24, 2.45) is 0 Å². The van der Waals surface area contributed by atoms with Crippen LogP contribution >= 0.6 is 7.14 Å². The first-order valence-corrected chi connectivity index (χ1v) is 11.8. The van der Waals surface area contributed by atoms with Crippen LogP contribution in [0.25, 0.3) is 0 Å². The number of rotatable bonds is 3. The normalized spacial score (nSPS) is 30.6. The van der Waals surface area contributed by atoms with E-state index < -0.39 is 29.4 Å². The zero-order valence-electron chi connectivity index (χ0n) is 16.4. The van der Waals surface area contributed by atoms with Crippen molar-refractivity contribution in [1.82, 2.24) is 0 Å². The zero-order chi connectivity index (χ0) is 21.3. The highest BCUT2D eigenvalue weighted by molar-refractivity contribution is 7.75. The lowest BCUT2D eigenvalue weighted by Gasteiger charge is -2.39. The summed E-state index contributed by atoms with van der Waals surface area (Å²) in [6.07, 6.45) is 3.73. The molecule has 0 N–H and O–H groups in total. The predicted octanol–water partition coefficient (Wildman–Crippen LogP) is 4.43. The molecule has 2 bridgehead atoms. The number of hydrogen-bond acceptors (Lipinski definition) is 4. The standard InChI is InChI=1S/C26H17O4P/c27-23-21-22(24(28)30-23)26(19-12-6-2-7-13-19)17-16-25(21,18-10-4-1-5-11-18)31(26,29)20-14-8-3-9-15-20/h1-17H. The third kappa shape index (κ3) is 1.90. The minimum atomic E-state index is -3.56. The topological polar surface area (TPSA) is 60.4 Å². The van der Waals surface area contributed by atoms with E-state index in [9.17, 15) is 9.59 Å². The molecule has 6 rings (SSSR count). The first kappa shape index (κ1) is 18.3. The highest BCUT2D eigenvalue weighted by Gasteiger charge is 2.77. The van der Waals surface area contributed by atoms with E-state index in [1.54, 1.807) is 0 Å². The van der Waals surface area contributed by atoms with Gasteiger partial charge in [0.1, 0.15) is 10.3 Å². The minimum absolute atomic E-state index is 0.210. The van der Waals surface area contributed by atoms with Crippen LogP contribution in [-0.4, -0.2) is 11.9 Å². The Labute approximate surface area is 179 Å². The number of benzene rings is 3. The van der Waals surface area contributed by atoms with E-state index in [0.29, 0.717) is 16.4 Å². The van der Waals surface area contributed by atoms with Crippen molar-refractivity contribution in [1.29, 1.82) is 0 Å². The Morgan fingerprint density at radius 2 is 0.968 bits per heavy atom. The first-order valence-electron chi connectivity index (χ1n) is 10.1. The number of fused-ring (bicyclic) bond motifs is 4. The number of hydrogen-bond donors (Lipinski definition) is 0. The number of ether oxygens (including phenoxy) is 1. The van der Waals surface area contributed by atoms with Gasteiger partial charge in [0.25, 0.3) is 0 Å². The van der Waals surface area contributed by atoms with Crippen LogP contribution in [0.5, 0.6) is 0 Å².